The number of ether oxygens (including phenoxy) is 3. The van der Waals surface area contributed by atoms with Gasteiger partial charge >= 0.3 is 0 Å². The molecule has 0 spiro atoms. The highest BCUT2D eigenvalue weighted by Gasteiger charge is 2.40. The van der Waals surface area contributed by atoms with Gasteiger partial charge in [0.05, 0.1) is 13.2 Å². The summed E-state index contributed by atoms with van der Waals surface area (Å²) in [6.45, 7) is 4.11. The van der Waals surface area contributed by atoms with Gasteiger partial charge in [0.2, 0.25) is 11.8 Å². The zero-order valence-electron chi connectivity index (χ0n) is 25.3. The molecule has 11 heteroatoms. The van der Waals surface area contributed by atoms with Gasteiger partial charge in [-0.1, -0.05) is 6.07 Å². The van der Waals surface area contributed by atoms with E-state index in [0.29, 0.717) is 49.6 Å². The summed E-state index contributed by atoms with van der Waals surface area (Å²) < 4.78 is 32.9. The maximum Gasteiger partial charge on any atom is 0.255 e. The average molecular weight is 617 g/mol. The maximum absolute atomic E-state index is 15.3. The first-order valence-corrected chi connectivity index (χ1v) is 15.7. The molecule has 45 heavy (non-hydrogen) atoms. The number of fused-ring (bicyclic) bond motifs is 2. The number of carbonyl (C=O) groups is 3. The Morgan fingerprint density at radius 3 is 2.78 bits per heavy atom. The minimum atomic E-state index is -0.661. The number of likely N-dealkylation sites (tertiary alicyclic amines) is 1. The summed E-state index contributed by atoms with van der Waals surface area (Å²) in [5.41, 5.74) is 3.49. The molecule has 3 saturated heterocycles. The number of pyridine rings is 1. The summed E-state index contributed by atoms with van der Waals surface area (Å²) >= 11 is 0. The van der Waals surface area contributed by atoms with Crippen molar-refractivity contribution in [3.05, 3.63) is 70.7 Å². The second-order valence-corrected chi connectivity index (χ2v) is 12.6. The summed E-state index contributed by atoms with van der Waals surface area (Å²) in [7, 11) is 1.67. The van der Waals surface area contributed by atoms with E-state index < -0.39 is 11.9 Å². The minimum Gasteiger partial charge on any atom is -0.489 e. The van der Waals surface area contributed by atoms with Crippen LogP contribution >= 0.6 is 0 Å². The molecule has 2 aromatic carbocycles. The third-order valence-electron chi connectivity index (χ3n) is 9.43. The standard InChI is InChI=1S/C34H37FN4O6/c1-43-18-24-15-38(14-20-11-21-4-7-28(22-3-2-10-44-19-22)36-32(21)27(35)12-20)17-30(24)45-25-5-6-26-23(13-25)16-39(34(26)42)29-8-9-31(40)37-33(29)41/h4-7,11-13,22,24,29-30H,2-3,8-10,14-19H2,1H3,(H,37,40,41)/t22?,24-,29-,30+/m0/s1. The SMILES string of the molecule is COC[C@@H]1CN(Cc2cc(F)c3nc(C4CCCOC4)ccc3c2)C[C@H]1Oc1ccc2c(c1)CN([C@H]1CCC(=O)NC1=O)C2=O. The summed E-state index contributed by atoms with van der Waals surface area (Å²) in [5.74, 6) is -0.336. The predicted molar refractivity (Wildman–Crippen MR) is 162 cm³/mol. The van der Waals surface area contributed by atoms with Crippen molar-refractivity contribution in [2.45, 2.75) is 56.8 Å². The van der Waals surface area contributed by atoms with Gasteiger partial charge in [0.1, 0.15) is 29.2 Å². The van der Waals surface area contributed by atoms with E-state index in [1.54, 1.807) is 25.3 Å². The number of nitrogens with zero attached hydrogens (tertiary/aromatic N) is 3. The van der Waals surface area contributed by atoms with Crippen LogP contribution in [0.1, 0.15) is 58.8 Å². The quantitative estimate of drug-likeness (QED) is 0.383. The molecular formula is C34H37FN4O6. The number of amides is 3. The molecule has 4 atom stereocenters. The van der Waals surface area contributed by atoms with Crippen LogP contribution in [0.3, 0.4) is 0 Å². The summed E-state index contributed by atoms with van der Waals surface area (Å²) in [6.07, 6.45) is 2.36. The lowest BCUT2D eigenvalue weighted by Crippen LogP contribution is -2.52. The van der Waals surface area contributed by atoms with E-state index >= 15 is 4.39 Å². The van der Waals surface area contributed by atoms with E-state index in [-0.39, 0.29) is 48.5 Å². The highest BCUT2D eigenvalue weighted by atomic mass is 19.1. The van der Waals surface area contributed by atoms with Crippen LogP contribution in [0.2, 0.25) is 0 Å². The second-order valence-electron chi connectivity index (χ2n) is 12.6. The molecule has 236 valence electrons. The summed E-state index contributed by atoms with van der Waals surface area (Å²) in [6, 6.07) is 12.3. The Hall–Kier alpha value is -3.93. The molecule has 1 unspecified atom stereocenters. The fraction of sp³-hybridized carbons (Fsp3) is 0.471. The van der Waals surface area contributed by atoms with Gasteiger partial charge in [0, 0.05) is 74.8 Å². The molecular weight excluding hydrogens is 579 g/mol. The second kappa shape index (κ2) is 12.5. The fourth-order valence-corrected chi connectivity index (χ4v) is 7.18. The van der Waals surface area contributed by atoms with Crippen molar-refractivity contribution in [3.63, 3.8) is 0 Å². The molecule has 3 amide bonds. The van der Waals surface area contributed by atoms with Gasteiger partial charge in [-0.3, -0.25) is 24.6 Å². The lowest BCUT2D eigenvalue weighted by atomic mass is 9.97. The Bertz CT molecular complexity index is 1640. The topological polar surface area (TPSA) is 110 Å². The third kappa shape index (κ3) is 6.04. The number of rotatable bonds is 8. The van der Waals surface area contributed by atoms with Gasteiger partial charge in [0.15, 0.2) is 0 Å². The largest absolute Gasteiger partial charge is 0.489 e. The molecule has 0 aliphatic carbocycles. The number of piperidine rings is 1. The number of benzene rings is 2. The number of carbonyl (C=O) groups excluding carboxylic acids is 3. The third-order valence-corrected chi connectivity index (χ3v) is 9.43. The van der Waals surface area contributed by atoms with Gasteiger partial charge in [-0.25, -0.2) is 9.37 Å². The Labute approximate surface area is 260 Å². The van der Waals surface area contributed by atoms with Gasteiger partial charge in [-0.2, -0.15) is 0 Å². The van der Waals surface area contributed by atoms with Crippen molar-refractivity contribution in [1.82, 2.24) is 20.1 Å². The van der Waals surface area contributed by atoms with E-state index in [4.69, 9.17) is 14.2 Å². The molecule has 5 heterocycles. The van der Waals surface area contributed by atoms with Gasteiger partial charge in [0.25, 0.3) is 5.91 Å². The summed E-state index contributed by atoms with van der Waals surface area (Å²) in [5, 5.41) is 3.12. The lowest BCUT2D eigenvalue weighted by Gasteiger charge is -2.29. The average Bonchev–Trinajstić information content (AvgIpc) is 3.56. The molecule has 4 aliphatic heterocycles. The van der Waals surface area contributed by atoms with Crippen molar-refractivity contribution in [1.29, 1.82) is 0 Å². The Morgan fingerprint density at radius 2 is 1.98 bits per heavy atom. The van der Waals surface area contributed by atoms with Crippen LogP contribution in [-0.2, 0) is 32.2 Å². The molecule has 0 radical (unpaired) electrons. The van der Waals surface area contributed by atoms with E-state index in [1.165, 1.54) is 4.90 Å². The minimum absolute atomic E-state index is 0.0945. The highest BCUT2D eigenvalue weighted by Crippen LogP contribution is 2.33. The fourth-order valence-electron chi connectivity index (χ4n) is 7.18. The van der Waals surface area contributed by atoms with Crippen molar-refractivity contribution in [3.8, 4) is 5.75 Å². The first-order chi connectivity index (χ1) is 21.9. The first-order valence-electron chi connectivity index (χ1n) is 15.7. The number of hydrogen-bond donors (Lipinski definition) is 1. The smallest absolute Gasteiger partial charge is 0.255 e. The molecule has 1 N–H and O–H groups in total. The Kier molecular flexibility index (Phi) is 8.24. The number of halogens is 1. The molecule has 7 rings (SSSR count). The monoisotopic (exact) mass is 616 g/mol. The number of methoxy groups -OCH3 is 1. The maximum atomic E-state index is 15.3. The number of hydrogen-bond acceptors (Lipinski definition) is 8. The zero-order valence-corrected chi connectivity index (χ0v) is 25.3. The van der Waals surface area contributed by atoms with Crippen LogP contribution in [0.4, 0.5) is 4.39 Å². The van der Waals surface area contributed by atoms with Crippen LogP contribution < -0.4 is 10.1 Å². The van der Waals surface area contributed by atoms with Crippen LogP contribution in [-0.4, -0.2) is 84.7 Å². The van der Waals surface area contributed by atoms with E-state index in [2.05, 4.69) is 15.2 Å². The number of aromatic nitrogens is 1. The van der Waals surface area contributed by atoms with E-state index in [1.807, 2.05) is 24.3 Å². The molecule has 3 aromatic rings. The van der Waals surface area contributed by atoms with Crippen LogP contribution in [0, 0.1) is 11.7 Å². The Morgan fingerprint density at radius 1 is 1.09 bits per heavy atom. The first kappa shape index (κ1) is 29.8. The van der Waals surface area contributed by atoms with Crippen molar-refractivity contribution in [2.24, 2.45) is 5.92 Å². The molecule has 0 bridgehead atoms. The van der Waals surface area contributed by atoms with Crippen LogP contribution in [0.25, 0.3) is 10.9 Å². The number of imide groups is 1. The molecule has 10 nitrogen and oxygen atoms in total. The van der Waals surface area contributed by atoms with Crippen molar-refractivity contribution in [2.75, 3.05) is 40.0 Å². The predicted octanol–water partition coefficient (Wildman–Crippen LogP) is 3.55. The lowest BCUT2D eigenvalue weighted by molar-refractivity contribution is -0.136. The summed E-state index contributed by atoms with van der Waals surface area (Å²) in [4.78, 5) is 45.5. The van der Waals surface area contributed by atoms with E-state index in [0.717, 1.165) is 48.2 Å². The van der Waals surface area contributed by atoms with Crippen molar-refractivity contribution < 1.29 is 33.0 Å². The number of nitrogens with one attached hydrogen (secondary N) is 1. The van der Waals surface area contributed by atoms with Crippen LogP contribution in [0.15, 0.2) is 42.5 Å². The van der Waals surface area contributed by atoms with Gasteiger partial charge < -0.3 is 19.1 Å². The molecule has 1 aromatic heterocycles. The van der Waals surface area contributed by atoms with Crippen molar-refractivity contribution >= 4 is 28.6 Å². The van der Waals surface area contributed by atoms with Crippen LogP contribution in [0.5, 0.6) is 5.75 Å². The highest BCUT2D eigenvalue weighted by molar-refractivity contribution is 6.05. The molecule has 3 fully saturated rings. The molecule has 0 saturated carbocycles. The van der Waals surface area contributed by atoms with E-state index in [9.17, 15) is 14.4 Å². The van der Waals surface area contributed by atoms with Gasteiger partial charge in [-0.05, 0) is 66.8 Å². The van der Waals surface area contributed by atoms with Gasteiger partial charge in [-0.15, -0.1) is 0 Å². The zero-order chi connectivity index (χ0) is 31.1. The molecule has 4 aliphatic rings. The normalized spacial score (nSPS) is 25.6. The Balaban J connectivity index is 1.03.